The molecule has 2 nitrogen and oxygen atoms in total. The normalized spacial score (nSPS) is 14.8. The topological polar surface area (TPSA) is 9.86 Å². The van der Waals surface area contributed by atoms with Gasteiger partial charge in [0.2, 0.25) is 0 Å². The highest BCUT2D eigenvalue weighted by molar-refractivity contribution is 6.26. The molecule has 4 aliphatic rings. The van der Waals surface area contributed by atoms with Gasteiger partial charge in [-0.1, -0.05) is 282 Å². The van der Waals surface area contributed by atoms with E-state index in [0.717, 1.165) is 11.4 Å². The molecule has 0 radical (unpaired) electrons. The number of nitrogens with zero attached hydrogens (tertiary/aromatic N) is 2. The number of fused-ring (bicyclic) bond motifs is 16. The molecule has 0 unspecified atom stereocenters. The molecule has 0 saturated carbocycles. The molecule has 104 heavy (non-hydrogen) atoms. The van der Waals surface area contributed by atoms with E-state index in [2.05, 4.69) is 380 Å². The molecule has 2 aromatic heterocycles. The second-order valence-electron chi connectivity index (χ2n) is 31.0. The summed E-state index contributed by atoms with van der Waals surface area (Å²) in [4.78, 5) is 0. The van der Waals surface area contributed by atoms with Gasteiger partial charge in [-0.2, -0.15) is 0 Å². The van der Waals surface area contributed by atoms with Gasteiger partial charge in [-0.05, 0) is 255 Å². The average molecular weight is 1330 g/mol. The minimum Gasteiger partial charge on any atom is -0.314 e. The summed E-state index contributed by atoms with van der Waals surface area (Å²) in [7, 11) is 0. The van der Waals surface area contributed by atoms with Crippen LogP contribution in [0.1, 0.15) is 117 Å². The third-order valence-corrected chi connectivity index (χ3v) is 25.5. The summed E-state index contributed by atoms with van der Waals surface area (Å²) in [5, 5.41) is 7.44. The molecule has 0 bridgehead atoms. The molecule has 4 aliphatic carbocycles. The monoisotopic (exact) mass is 1330 g/mol. The molecule has 0 N–H and O–H groups in total. The SMILES string of the molecule is Cc1c(C)n(-c2ccc3c(c2)C(c2ccccc2)(c2ccccc2)c2ccccc2-3)c2cc3c(-c4ccc5c(c4)C(C)(C)c4ccccc4-5)c4cc5c(C)c(C)n(-c6ccc7c(c6)C(c6ccccc6)(c6ccccc6)c6ccccc6-7)c5cc4c(-c4ccc5c(c4)C(C)(C)c4ccccc4-5)c3cc12. The molecular weight excluding hydrogens is 1250 g/mol. The Morgan fingerprint density at radius 1 is 0.221 bits per heavy atom. The van der Waals surface area contributed by atoms with Gasteiger partial charge in [0.15, 0.2) is 0 Å². The third-order valence-electron chi connectivity index (χ3n) is 25.5. The van der Waals surface area contributed by atoms with Crippen molar-refractivity contribution >= 4 is 43.4 Å². The molecule has 0 fully saturated rings. The Bertz CT molecular complexity index is 6070. The van der Waals surface area contributed by atoms with Gasteiger partial charge in [-0.3, -0.25) is 0 Å². The summed E-state index contributed by atoms with van der Waals surface area (Å²) in [5.74, 6) is 0. The van der Waals surface area contributed by atoms with Crippen LogP contribution in [0.5, 0.6) is 0 Å². The fourth-order valence-electron chi connectivity index (χ4n) is 20.5. The fourth-order valence-corrected chi connectivity index (χ4v) is 20.5. The molecule has 0 spiro atoms. The molecule has 494 valence electrons. The molecule has 21 rings (SSSR count). The lowest BCUT2D eigenvalue weighted by atomic mass is 9.67. The fraction of sp³-hybridized carbons (Fsp3) is 0.118. The number of benzene rings is 15. The highest BCUT2D eigenvalue weighted by Crippen LogP contribution is 2.61. The van der Waals surface area contributed by atoms with Crippen LogP contribution in [0, 0.1) is 27.7 Å². The van der Waals surface area contributed by atoms with E-state index in [4.69, 9.17) is 0 Å². The van der Waals surface area contributed by atoms with E-state index in [1.54, 1.807) is 0 Å². The summed E-state index contributed by atoms with van der Waals surface area (Å²) in [5.41, 5.74) is 39.2. The summed E-state index contributed by atoms with van der Waals surface area (Å²) < 4.78 is 5.19. The van der Waals surface area contributed by atoms with E-state index in [9.17, 15) is 0 Å². The van der Waals surface area contributed by atoms with E-state index >= 15 is 0 Å². The van der Waals surface area contributed by atoms with Crippen molar-refractivity contribution in [2.75, 3.05) is 0 Å². The zero-order valence-electron chi connectivity index (χ0n) is 59.9. The van der Waals surface area contributed by atoms with Crippen molar-refractivity contribution in [2.45, 2.75) is 77.0 Å². The van der Waals surface area contributed by atoms with Crippen LogP contribution in [-0.2, 0) is 21.7 Å². The Morgan fingerprint density at radius 2 is 0.500 bits per heavy atom. The molecule has 0 aliphatic heterocycles. The number of rotatable bonds is 8. The minimum absolute atomic E-state index is 0.228. The van der Waals surface area contributed by atoms with Crippen LogP contribution in [0.3, 0.4) is 0 Å². The van der Waals surface area contributed by atoms with Crippen molar-refractivity contribution in [3.05, 3.63) is 405 Å². The zero-order chi connectivity index (χ0) is 69.9. The first-order valence-corrected chi connectivity index (χ1v) is 37.1. The lowest BCUT2D eigenvalue weighted by molar-refractivity contribution is 0.660. The van der Waals surface area contributed by atoms with E-state index in [-0.39, 0.29) is 10.8 Å². The van der Waals surface area contributed by atoms with Crippen LogP contribution in [0.15, 0.2) is 315 Å². The van der Waals surface area contributed by atoms with Gasteiger partial charge in [0.05, 0.1) is 21.9 Å². The van der Waals surface area contributed by atoms with Gasteiger partial charge >= 0.3 is 0 Å². The van der Waals surface area contributed by atoms with E-state index < -0.39 is 10.8 Å². The van der Waals surface area contributed by atoms with Crippen molar-refractivity contribution in [3.8, 4) is 78.1 Å². The van der Waals surface area contributed by atoms with Crippen LogP contribution in [0.2, 0.25) is 0 Å². The first kappa shape index (κ1) is 60.6. The Morgan fingerprint density at radius 3 is 0.856 bits per heavy atom. The first-order chi connectivity index (χ1) is 50.8. The number of hydrogen-bond donors (Lipinski definition) is 0. The maximum Gasteiger partial charge on any atom is 0.0714 e. The second-order valence-corrected chi connectivity index (χ2v) is 31.0. The largest absolute Gasteiger partial charge is 0.314 e. The third kappa shape index (κ3) is 7.90. The van der Waals surface area contributed by atoms with Crippen LogP contribution in [0.25, 0.3) is 121 Å². The maximum absolute atomic E-state index is 2.61. The van der Waals surface area contributed by atoms with Crippen LogP contribution >= 0.6 is 0 Å². The highest BCUT2D eigenvalue weighted by atomic mass is 15.0. The maximum atomic E-state index is 2.61. The van der Waals surface area contributed by atoms with E-state index in [1.165, 1.54) is 199 Å². The van der Waals surface area contributed by atoms with Gasteiger partial charge in [0.1, 0.15) is 0 Å². The smallest absolute Gasteiger partial charge is 0.0714 e. The summed E-state index contributed by atoms with van der Waals surface area (Å²) in [6.45, 7) is 19.1. The quantitative estimate of drug-likeness (QED) is 0.134. The van der Waals surface area contributed by atoms with Crippen LogP contribution < -0.4 is 0 Å². The average Bonchev–Trinajstić information content (AvgIpc) is 1.62. The zero-order valence-corrected chi connectivity index (χ0v) is 59.9. The molecule has 2 heterocycles. The minimum atomic E-state index is -0.557. The summed E-state index contributed by atoms with van der Waals surface area (Å²) in [6.07, 6.45) is 0. The first-order valence-electron chi connectivity index (χ1n) is 37.1. The lowest BCUT2D eigenvalue weighted by Crippen LogP contribution is -2.28. The van der Waals surface area contributed by atoms with E-state index in [1.807, 2.05) is 0 Å². The highest BCUT2D eigenvalue weighted by Gasteiger charge is 2.48. The number of aromatic nitrogens is 2. The number of hydrogen-bond acceptors (Lipinski definition) is 0. The lowest BCUT2D eigenvalue weighted by Gasteiger charge is -2.34. The summed E-state index contributed by atoms with van der Waals surface area (Å²) in [6, 6.07) is 121. The Hall–Kier alpha value is -12.1. The molecule has 15 aromatic carbocycles. The summed E-state index contributed by atoms with van der Waals surface area (Å²) >= 11 is 0. The Balaban J connectivity index is 0.878. The van der Waals surface area contributed by atoms with Gasteiger partial charge in [-0.15, -0.1) is 0 Å². The molecule has 2 heteroatoms. The number of aryl methyl sites for hydroxylation is 2. The predicted octanol–water partition coefficient (Wildman–Crippen LogP) is 25.8. The molecule has 0 atom stereocenters. The molecule has 17 aromatic rings. The molecule has 0 amide bonds. The van der Waals surface area contributed by atoms with Crippen molar-refractivity contribution in [3.63, 3.8) is 0 Å². The van der Waals surface area contributed by atoms with Crippen molar-refractivity contribution in [1.29, 1.82) is 0 Å². The Kier molecular flexibility index (Phi) is 12.7. The van der Waals surface area contributed by atoms with Gasteiger partial charge in [-0.25, -0.2) is 0 Å². The predicted molar refractivity (Wildman–Crippen MR) is 435 cm³/mol. The van der Waals surface area contributed by atoms with Crippen LogP contribution in [-0.4, -0.2) is 9.13 Å². The molecule has 0 saturated heterocycles. The molecular formula is C102H76N2. The van der Waals surface area contributed by atoms with Crippen molar-refractivity contribution in [2.24, 2.45) is 0 Å². The van der Waals surface area contributed by atoms with Gasteiger partial charge < -0.3 is 9.13 Å². The van der Waals surface area contributed by atoms with Gasteiger partial charge in [0.25, 0.3) is 0 Å². The van der Waals surface area contributed by atoms with Gasteiger partial charge in [0, 0.05) is 44.4 Å². The van der Waals surface area contributed by atoms with Crippen molar-refractivity contribution in [1.82, 2.24) is 9.13 Å². The van der Waals surface area contributed by atoms with Crippen molar-refractivity contribution < 1.29 is 0 Å². The van der Waals surface area contributed by atoms with E-state index in [0.29, 0.717) is 0 Å². The standard InChI is InChI=1S/C102H76N2/c1-61-63(3)103(71-47-51-79-75-39-23-27-43-89(75)101(93(79)55-71,67-29-13-9-14-30-67)68-31-15-10-16-32-68)95-59-85-83(57-81(61)95)97(65-45-49-77-73-37-21-25-41-87(73)99(5,6)91(77)53-65)86-60-96-82(58-84(86)98(85)66-46-50-78-74-38-22-26-42-88(74)100(7,8)92(78)54-66)62(2)64(4)104(96)72-48-52-80-76-40-24-28-44-90(76)102(94(80)56-72,69-33-17-11-18-34-69)70-35-19-12-20-36-70/h9-60H,1-8H3. The van der Waals surface area contributed by atoms with Crippen LogP contribution in [0.4, 0.5) is 0 Å². The Labute approximate surface area is 608 Å². The second kappa shape index (κ2) is 21.7.